The minimum Gasteiger partial charge on any atom is -0.497 e. The molecule has 2 aromatic carbocycles. The maximum absolute atomic E-state index is 13.8. The number of benzene rings is 2. The highest BCUT2D eigenvalue weighted by molar-refractivity contribution is 5.97. The Hall–Kier alpha value is -3.74. The molecule has 0 radical (unpaired) electrons. The Morgan fingerprint density at radius 1 is 0.949 bits per heavy atom. The number of methoxy groups -OCH3 is 2. The van der Waals surface area contributed by atoms with Crippen molar-refractivity contribution in [3.8, 4) is 11.5 Å². The average Bonchev–Trinajstić information content (AvgIpc) is 3.37. The lowest BCUT2D eigenvalue weighted by atomic mass is 10.1. The van der Waals surface area contributed by atoms with Crippen molar-refractivity contribution >= 4 is 11.8 Å². The zero-order chi connectivity index (χ0) is 28.5. The second kappa shape index (κ2) is 13.9. The van der Waals surface area contributed by atoms with Gasteiger partial charge in [-0.1, -0.05) is 45.0 Å². The predicted molar refractivity (Wildman–Crippen MR) is 155 cm³/mol. The first-order chi connectivity index (χ1) is 18.7. The fraction of sp³-hybridized carbons (Fsp3) is 0.438. The zero-order valence-corrected chi connectivity index (χ0v) is 24.4. The van der Waals surface area contributed by atoms with E-state index in [1.807, 2.05) is 30.9 Å². The van der Waals surface area contributed by atoms with Crippen LogP contribution < -0.4 is 9.47 Å². The smallest absolute Gasteiger partial charge is 0.254 e. The number of rotatable bonds is 13. The van der Waals surface area contributed by atoms with Crippen molar-refractivity contribution in [2.24, 2.45) is 5.92 Å². The molecule has 2 amide bonds. The fourth-order valence-electron chi connectivity index (χ4n) is 4.63. The Balaban J connectivity index is 1.85. The molecule has 1 heterocycles. The molecule has 0 aliphatic carbocycles. The van der Waals surface area contributed by atoms with Crippen LogP contribution in [0.3, 0.4) is 0 Å². The highest BCUT2D eigenvalue weighted by Crippen LogP contribution is 2.24. The molecule has 1 atom stereocenters. The highest BCUT2D eigenvalue weighted by Gasteiger charge is 2.27. The van der Waals surface area contributed by atoms with Crippen molar-refractivity contribution in [1.82, 2.24) is 14.4 Å². The molecule has 3 aromatic rings. The molecule has 1 unspecified atom stereocenters. The maximum Gasteiger partial charge on any atom is 0.254 e. The van der Waals surface area contributed by atoms with Gasteiger partial charge in [0.05, 0.1) is 20.8 Å². The third kappa shape index (κ3) is 7.88. The van der Waals surface area contributed by atoms with Gasteiger partial charge in [0.2, 0.25) is 5.91 Å². The summed E-state index contributed by atoms with van der Waals surface area (Å²) in [5, 5.41) is 0. The van der Waals surface area contributed by atoms with E-state index < -0.39 is 0 Å². The first kappa shape index (κ1) is 29.8. The van der Waals surface area contributed by atoms with Crippen LogP contribution in [0.4, 0.5) is 0 Å². The van der Waals surface area contributed by atoms with Crippen LogP contribution in [0.25, 0.3) is 0 Å². The second-order valence-electron chi connectivity index (χ2n) is 10.5. The van der Waals surface area contributed by atoms with Crippen molar-refractivity contribution in [3.05, 3.63) is 83.2 Å². The second-order valence-corrected chi connectivity index (χ2v) is 10.5. The molecular weight excluding hydrogens is 490 g/mol. The number of ether oxygens (including phenoxy) is 2. The summed E-state index contributed by atoms with van der Waals surface area (Å²) in [4.78, 5) is 31.0. The van der Waals surface area contributed by atoms with Crippen LogP contribution in [0.5, 0.6) is 11.5 Å². The van der Waals surface area contributed by atoms with Gasteiger partial charge in [-0.05, 0) is 61.6 Å². The quantitative estimate of drug-likeness (QED) is 0.279. The number of amides is 2. The van der Waals surface area contributed by atoms with Gasteiger partial charge in [-0.2, -0.15) is 0 Å². The summed E-state index contributed by atoms with van der Waals surface area (Å²) in [5.74, 6) is 0.962. The minimum absolute atomic E-state index is 0.000615. The summed E-state index contributed by atoms with van der Waals surface area (Å²) in [6.45, 7) is 12.0. The lowest BCUT2D eigenvalue weighted by Crippen LogP contribution is -2.47. The number of hydrogen-bond acceptors (Lipinski definition) is 4. The van der Waals surface area contributed by atoms with E-state index in [2.05, 4.69) is 55.8 Å². The number of aromatic nitrogens is 1. The Labute approximate surface area is 233 Å². The molecule has 7 nitrogen and oxygen atoms in total. The molecule has 0 bridgehead atoms. The first-order valence-corrected chi connectivity index (χ1v) is 13.7. The zero-order valence-electron chi connectivity index (χ0n) is 24.4. The first-order valence-electron chi connectivity index (χ1n) is 13.7. The molecule has 0 fully saturated rings. The summed E-state index contributed by atoms with van der Waals surface area (Å²) < 4.78 is 12.9. The molecule has 0 spiro atoms. The molecule has 3 rings (SSSR count). The van der Waals surface area contributed by atoms with Crippen LogP contribution in [-0.2, 0) is 17.9 Å². The van der Waals surface area contributed by atoms with Crippen molar-refractivity contribution in [3.63, 3.8) is 0 Å². The van der Waals surface area contributed by atoms with Crippen LogP contribution in [0.1, 0.15) is 61.3 Å². The summed E-state index contributed by atoms with van der Waals surface area (Å²) in [7, 11) is 3.11. The van der Waals surface area contributed by atoms with E-state index in [1.165, 1.54) is 11.1 Å². The lowest BCUT2D eigenvalue weighted by Gasteiger charge is -2.32. The summed E-state index contributed by atoms with van der Waals surface area (Å²) in [6.07, 6.45) is 2.88. The van der Waals surface area contributed by atoms with E-state index >= 15 is 0 Å². The van der Waals surface area contributed by atoms with E-state index in [9.17, 15) is 9.59 Å². The van der Waals surface area contributed by atoms with E-state index in [1.54, 1.807) is 37.3 Å². The molecule has 0 aliphatic rings. The number of nitrogens with zero attached hydrogens (tertiary/aromatic N) is 3. The van der Waals surface area contributed by atoms with Crippen molar-refractivity contribution in [2.45, 2.75) is 60.2 Å². The van der Waals surface area contributed by atoms with Crippen LogP contribution in [0.2, 0.25) is 0 Å². The van der Waals surface area contributed by atoms with Gasteiger partial charge in [0, 0.05) is 42.7 Å². The fourth-order valence-corrected chi connectivity index (χ4v) is 4.63. The molecular formula is C32H43N3O4. The van der Waals surface area contributed by atoms with Crippen molar-refractivity contribution in [1.29, 1.82) is 0 Å². The summed E-state index contributed by atoms with van der Waals surface area (Å²) in [5.41, 5.74) is 3.98. The molecule has 0 saturated carbocycles. The van der Waals surface area contributed by atoms with E-state index in [-0.39, 0.29) is 30.3 Å². The molecule has 0 aliphatic heterocycles. The van der Waals surface area contributed by atoms with Crippen LogP contribution in [0, 0.1) is 12.8 Å². The minimum atomic E-state index is -0.221. The van der Waals surface area contributed by atoms with Crippen molar-refractivity contribution < 1.29 is 19.1 Å². The van der Waals surface area contributed by atoms with Gasteiger partial charge in [0.25, 0.3) is 5.91 Å². The summed E-state index contributed by atoms with van der Waals surface area (Å²) >= 11 is 0. The Kier molecular flexibility index (Phi) is 10.6. The number of carbonyl (C=O) groups excluding carboxylic acids is 2. The van der Waals surface area contributed by atoms with E-state index in [0.29, 0.717) is 30.2 Å². The normalized spacial score (nSPS) is 11.8. The molecule has 1 aromatic heterocycles. The lowest BCUT2D eigenvalue weighted by molar-refractivity contribution is -0.134. The SMILES string of the molecule is CCC(C)N(Cc1cccn1Cc1ccccc1C)C(=O)CN(CC(C)C)C(=O)c1cc(OC)cc(OC)c1. The molecule has 210 valence electrons. The maximum atomic E-state index is 13.8. The summed E-state index contributed by atoms with van der Waals surface area (Å²) in [6, 6.07) is 17.6. The van der Waals surface area contributed by atoms with Gasteiger partial charge >= 0.3 is 0 Å². The molecule has 0 saturated heterocycles. The van der Waals surface area contributed by atoms with Gasteiger partial charge in [-0.15, -0.1) is 0 Å². The van der Waals surface area contributed by atoms with Gasteiger partial charge < -0.3 is 23.8 Å². The largest absolute Gasteiger partial charge is 0.497 e. The molecule has 7 heteroatoms. The average molecular weight is 534 g/mol. The Morgan fingerprint density at radius 3 is 2.21 bits per heavy atom. The van der Waals surface area contributed by atoms with Gasteiger partial charge in [0.1, 0.15) is 18.0 Å². The third-order valence-electron chi connectivity index (χ3n) is 7.10. The van der Waals surface area contributed by atoms with Gasteiger partial charge in [0.15, 0.2) is 0 Å². The third-order valence-corrected chi connectivity index (χ3v) is 7.10. The number of hydrogen-bond donors (Lipinski definition) is 0. The monoisotopic (exact) mass is 533 g/mol. The molecule has 0 N–H and O–H groups in total. The highest BCUT2D eigenvalue weighted by atomic mass is 16.5. The van der Waals surface area contributed by atoms with Crippen LogP contribution in [-0.4, -0.2) is 59.5 Å². The van der Waals surface area contributed by atoms with Gasteiger partial charge in [-0.3, -0.25) is 9.59 Å². The van der Waals surface area contributed by atoms with Crippen LogP contribution >= 0.6 is 0 Å². The Morgan fingerprint density at radius 2 is 1.62 bits per heavy atom. The standard InChI is InChI=1S/C32H43N3O4/c1-8-25(5)35(21-28-14-11-15-33(28)20-26-13-10-9-12-24(26)4)31(36)22-34(19-23(2)3)32(37)27-16-29(38-6)18-30(17-27)39-7/h9-18,23,25H,8,19-22H2,1-7H3. The molecule has 39 heavy (non-hydrogen) atoms. The number of aryl methyl sites for hydroxylation is 1. The van der Waals surface area contributed by atoms with Crippen molar-refractivity contribution in [2.75, 3.05) is 27.3 Å². The van der Waals surface area contributed by atoms with E-state index in [0.717, 1.165) is 18.7 Å². The predicted octanol–water partition coefficient (Wildman–Crippen LogP) is 5.79. The van der Waals surface area contributed by atoms with Crippen LogP contribution in [0.15, 0.2) is 60.8 Å². The number of carbonyl (C=O) groups is 2. The topological polar surface area (TPSA) is 64.0 Å². The van der Waals surface area contributed by atoms with E-state index in [4.69, 9.17) is 9.47 Å². The van der Waals surface area contributed by atoms with Gasteiger partial charge in [-0.25, -0.2) is 0 Å². The Bertz CT molecular complexity index is 1230.